The van der Waals surface area contributed by atoms with E-state index in [9.17, 15) is 0 Å². The van der Waals surface area contributed by atoms with Gasteiger partial charge in [-0.25, -0.2) is 4.98 Å². The zero-order valence-electron chi connectivity index (χ0n) is 14.2. The molecule has 3 aromatic rings. The van der Waals surface area contributed by atoms with Gasteiger partial charge >= 0.3 is 0 Å². The third-order valence-corrected chi connectivity index (χ3v) is 4.15. The van der Waals surface area contributed by atoms with Crippen LogP contribution in [0.2, 0.25) is 0 Å². The molecule has 0 radical (unpaired) electrons. The molecule has 1 aliphatic heterocycles. The van der Waals surface area contributed by atoms with E-state index in [0.29, 0.717) is 0 Å². The smallest absolute Gasteiger partial charge is 0.176 e. The van der Waals surface area contributed by atoms with Crippen LogP contribution < -0.4 is 15.7 Å². The second-order valence-electron chi connectivity index (χ2n) is 5.96. The SMILES string of the molecule is Cc1cccc(C)c1N1N=C(c2ccccc2)NN1c1ccccn1. The first kappa shape index (κ1) is 15.2. The number of aromatic nitrogens is 1. The molecule has 0 atom stereocenters. The van der Waals surface area contributed by atoms with Gasteiger partial charge in [0.1, 0.15) is 0 Å². The average molecular weight is 329 g/mol. The third kappa shape index (κ3) is 2.80. The van der Waals surface area contributed by atoms with E-state index in [1.807, 2.05) is 58.8 Å². The Kier molecular flexibility index (Phi) is 3.82. The summed E-state index contributed by atoms with van der Waals surface area (Å²) in [7, 11) is 0. The summed E-state index contributed by atoms with van der Waals surface area (Å²) in [6, 6.07) is 22.2. The molecule has 5 heteroatoms. The van der Waals surface area contributed by atoms with Crippen molar-refractivity contribution in [1.29, 1.82) is 0 Å². The molecule has 0 amide bonds. The van der Waals surface area contributed by atoms with Gasteiger partial charge in [-0.1, -0.05) is 54.6 Å². The molecule has 0 bridgehead atoms. The quantitative estimate of drug-likeness (QED) is 0.794. The molecule has 25 heavy (non-hydrogen) atoms. The van der Waals surface area contributed by atoms with Gasteiger partial charge in [-0.3, -0.25) is 5.43 Å². The number of nitrogens with zero attached hydrogens (tertiary/aromatic N) is 4. The number of benzene rings is 2. The van der Waals surface area contributed by atoms with Crippen LogP contribution in [0.5, 0.6) is 0 Å². The van der Waals surface area contributed by atoms with Crippen molar-refractivity contribution in [3.05, 3.63) is 89.6 Å². The lowest BCUT2D eigenvalue weighted by Crippen LogP contribution is -2.45. The summed E-state index contributed by atoms with van der Waals surface area (Å²) in [4.78, 5) is 4.47. The molecule has 1 N–H and O–H groups in total. The minimum atomic E-state index is 0.778. The lowest BCUT2D eigenvalue weighted by Gasteiger charge is -2.28. The summed E-state index contributed by atoms with van der Waals surface area (Å²) in [6.07, 6.45) is 1.78. The first-order valence-electron chi connectivity index (χ1n) is 8.22. The van der Waals surface area contributed by atoms with E-state index >= 15 is 0 Å². The van der Waals surface area contributed by atoms with E-state index in [1.165, 1.54) is 0 Å². The maximum Gasteiger partial charge on any atom is 0.176 e. The Morgan fingerprint density at radius 2 is 1.52 bits per heavy atom. The van der Waals surface area contributed by atoms with Gasteiger partial charge in [0.2, 0.25) is 0 Å². The van der Waals surface area contributed by atoms with Crippen LogP contribution in [0.4, 0.5) is 11.5 Å². The summed E-state index contributed by atoms with van der Waals surface area (Å²) in [5.74, 6) is 1.56. The Balaban J connectivity index is 1.82. The van der Waals surface area contributed by atoms with E-state index in [0.717, 1.165) is 34.0 Å². The Morgan fingerprint density at radius 1 is 0.800 bits per heavy atom. The summed E-state index contributed by atoms with van der Waals surface area (Å²) in [6.45, 7) is 4.18. The lowest BCUT2D eigenvalue weighted by molar-refractivity contribution is 0.751. The maximum atomic E-state index is 4.83. The van der Waals surface area contributed by atoms with Crippen molar-refractivity contribution >= 4 is 17.3 Å². The van der Waals surface area contributed by atoms with Gasteiger partial charge in [0, 0.05) is 11.8 Å². The molecule has 0 unspecified atom stereocenters. The molecule has 0 aliphatic carbocycles. The Hall–Kier alpha value is -3.34. The van der Waals surface area contributed by atoms with Gasteiger partial charge in [-0.05, 0) is 37.1 Å². The van der Waals surface area contributed by atoms with Gasteiger partial charge < -0.3 is 0 Å². The molecule has 5 nitrogen and oxygen atoms in total. The Labute approximate surface area is 147 Å². The number of amidine groups is 1. The van der Waals surface area contributed by atoms with Crippen molar-refractivity contribution in [1.82, 2.24) is 10.4 Å². The number of hydrogen-bond acceptors (Lipinski definition) is 5. The van der Waals surface area contributed by atoms with E-state index in [-0.39, 0.29) is 0 Å². The minimum Gasteiger partial charge on any atom is -0.257 e. The van der Waals surface area contributed by atoms with Crippen molar-refractivity contribution in [2.45, 2.75) is 13.8 Å². The zero-order valence-corrected chi connectivity index (χ0v) is 14.2. The third-order valence-electron chi connectivity index (χ3n) is 4.15. The molecular weight excluding hydrogens is 310 g/mol. The molecule has 0 saturated carbocycles. The van der Waals surface area contributed by atoms with Gasteiger partial charge in [0.15, 0.2) is 11.7 Å². The minimum absolute atomic E-state index is 0.778. The van der Waals surface area contributed by atoms with Gasteiger partial charge in [0.25, 0.3) is 0 Å². The molecule has 4 rings (SSSR count). The largest absolute Gasteiger partial charge is 0.257 e. The van der Waals surface area contributed by atoms with Crippen molar-refractivity contribution in [3.8, 4) is 0 Å². The van der Waals surface area contributed by atoms with E-state index in [4.69, 9.17) is 5.10 Å². The normalized spacial score (nSPS) is 13.6. The number of aryl methyl sites for hydroxylation is 2. The molecule has 0 spiro atoms. The Morgan fingerprint density at radius 3 is 2.20 bits per heavy atom. The van der Waals surface area contributed by atoms with E-state index in [1.54, 1.807) is 6.20 Å². The number of pyridine rings is 1. The number of hydrazine groups is 2. The highest BCUT2D eigenvalue weighted by molar-refractivity contribution is 6.02. The van der Waals surface area contributed by atoms with Gasteiger partial charge in [-0.15, -0.1) is 10.2 Å². The van der Waals surface area contributed by atoms with Crippen molar-refractivity contribution in [2.24, 2.45) is 5.10 Å². The monoisotopic (exact) mass is 329 g/mol. The predicted molar refractivity (Wildman–Crippen MR) is 101 cm³/mol. The highest BCUT2D eigenvalue weighted by Crippen LogP contribution is 2.30. The molecule has 2 heterocycles. The molecule has 0 fully saturated rings. The first-order chi connectivity index (χ1) is 12.2. The van der Waals surface area contributed by atoms with E-state index in [2.05, 4.69) is 42.5 Å². The van der Waals surface area contributed by atoms with Crippen LogP contribution in [0.1, 0.15) is 16.7 Å². The van der Waals surface area contributed by atoms with Crippen LogP contribution in [0.3, 0.4) is 0 Å². The van der Waals surface area contributed by atoms with Crippen LogP contribution in [-0.4, -0.2) is 10.8 Å². The summed E-state index contributed by atoms with van der Waals surface area (Å²) >= 11 is 0. The summed E-state index contributed by atoms with van der Waals surface area (Å²) in [5, 5.41) is 8.59. The molecule has 1 aliphatic rings. The van der Waals surface area contributed by atoms with E-state index < -0.39 is 0 Å². The average Bonchev–Trinajstić information content (AvgIpc) is 3.08. The topological polar surface area (TPSA) is 43.8 Å². The number of hydrazone groups is 1. The number of hydrogen-bond donors (Lipinski definition) is 1. The van der Waals surface area contributed by atoms with Crippen LogP contribution in [0.25, 0.3) is 0 Å². The van der Waals surface area contributed by atoms with Crippen LogP contribution in [0.15, 0.2) is 78.0 Å². The Bertz CT molecular complexity index is 886. The summed E-state index contributed by atoms with van der Waals surface area (Å²) < 4.78 is 0. The zero-order chi connectivity index (χ0) is 17.2. The fourth-order valence-electron chi connectivity index (χ4n) is 2.93. The number of para-hydroxylation sites is 1. The molecule has 124 valence electrons. The van der Waals surface area contributed by atoms with Gasteiger partial charge in [0.05, 0.1) is 5.69 Å². The lowest BCUT2D eigenvalue weighted by atomic mass is 10.1. The number of nitrogens with one attached hydrogen (secondary N) is 1. The second kappa shape index (κ2) is 6.28. The molecule has 1 aromatic heterocycles. The summed E-state index contributed by atoms with van der Waals surface area (Å²) in [5.41, 5.74) is 7.75. The molecule has 0 saturated heterocycles. The van der Waals surface area contributed by atoms with Crippen molar-refractivity contribution < 1.29 is 0 Å². The highest BCUT2D eigenvalue weighted by Gasteiger charge is 2.28. The molecule has 2 aromatic carbocycles. The maximum absolute atomic E-state index is 4.83. The van der Waals surface area contributed by atoms with Crippen molar-refractivity contribution in [3.63, 3.8) is 0 Å². The van der Waals surface area contributed by atoms with Crippen molar-refractivity contribution in [2.75, 3.05) is 10.2 Å². The van der Waals surface area contributed by atoms with Gasteiger partial charge in [-0.2, -0.15) is 5.12 Å². The number of anilines is 2. The number of rotatable bonds is 3. The first-order valence-corrected chi connectivity index (χ1v) is 8.22. The van der Waals surface area contributed by atoms with Crippen LogP contribution in [0, 0.1) is 13.8 Å². The fraction of sp³-hybridized carbons (Fsp3) is 0.100. The fourth-order valence-corrected chi connectivity index (χ4v) is 2.93. The second-order valence-corrected chi connectivity index (χ2v) is 5.96. The van der Waals surface area contributed by atoms with Crippen LogP contribution in [-0.2, 0) is 0 Å². The highest BCUT2D eigenvalue weighted by atomic mass is 16.0. The predicted octanol–water partition coefficient (Wildman–Crippen LogP) is 3.81. The van der Waals surface area contributed by atoms with Crippen LogP contribution >= 0.6 is 0 Å². The standard InChI is InChI=1S/C20H19N5/c1-15-9-8-10-16(2)19(15)25-23-20(17-11-4-3-5-12-17)22-24(25)18-13-6-7-14-21-18/h3-14H,1-2H3,(H,22,23). The molecular formula is C20H19N5.